The number of aryl methyl sites for hydroxylation is 1. The van der Waals surface area contributed by atoms with Gasteiger partial charge in [-0.15, -0.1) is 0 Å². The van der Waals surface area contributed by atoms with Crippen LogP contribution < -0.4 is 5.73 Å². The third-order valence-electron chi connectivity index (χ3n) is 2.43. The molecule has 2 heterocycles. The number of nitrogen functional groups attached to an aromatic ring is 1. The number of nitrogens with zero attached hydrogens (tertiary/aromatic N) is 3. The molecule has 4 heteroatoms. The molecule has 17 heavy (non-hydrogen) atoms. The maximum absolute atomic E-state index is 5.78. The fourth-order valence-electron chi connectivity index (χ4n) is 1.71. The van der Waals surface area contributed by atoms with Crippen molar-refractivity contribution in [3.8, 4) is 0 Å². The van der Waals surface area contributed by atoms with E-state index >= 15 is 0 Å². The highest BCUT2D eigenvalue weighted by Gasteiger charge is 2.03. The summed E-state index contributed by atoms with van der Waals surface area (Å²) in [4.78, 5) is 12.8. The fourth-order valence-corrected chi connectivity index (χ4v) is 1.71. The van der Waals surface area contributed by atoms with Gasteiger partial charge in [-0.05, 0) is 18.1 Å². The lowest BCUT2D eigenvalue weighted by Gasteiger charge is -2.05. The van der Waals surface area contributed by atoms with Crippen LogP contribution in [0.1, 0.15) is 30.4 Å². The van der Waals surface area contributed by atoms with E-state index in [1.54, 1.807) is 6.20 Å². The van der Waals surface area contributed by atoms with E-state index in [9.17, 15) is 0 Å². The summed E-state index contributed by atoms with van der Waals surface area (Å²) in [5.74, 6) is 1.37. The summed E-state index contributed by atoms with van der Waals surface area (Å²) in [6.45, 7) is 2.10. The van der Waals surface area contributed by atoms with Gasteiger partial charge < -0.3 is 5.73 Å². The molecule has 4 nitrogen and oxygen atoms in total. The molecule has 0 radical (unpaired) electrons. The Morgan fingerprint density at radius 2 is 2.18 bits per heavy atom. The number of hydrogen-bond donors (Lipinski definition) is 1. The Labute approximate surface area is 101 Å². The molecule has 2 N–H and O–H groups in total. The first-order valence-electron chi connectivity index (χ1n) is 5.79. The summed E-state index contributed by atoms with van der Waals surface area (Å²) < 4.78 is 0. The Morgan fingerprint density at radius 3 is 2.88 bits per heavy atom. The van der Waals surface area contributed by atoms with Gasteiger partial charge >= 0.3 is 0 Å². The van der Waals surface area contributed by atoms with E-state index in [1.165, 1.54) is 0 Å². The average molecular weight is 228 g/mol. The summed E-state index contributed by atoms with van der Waals surface area (Å²) in [5, 5.41) is 0. The van der Waals surface area contributed by atoms with Gasteiger partial charge in [-0.2, -0.15) is 0 Å². The highest BCUT2D eigenvalue weighted by atomic mass is 14.9. The second-order valence-electron chi connectivity index (χ2n) is 3.99. The maximum atomic E-state index is 5.78. The van der Waals surface area contributed by atoms with Gasteiger partial charge in [-0.1, -0.05) is 13.0 Å². The van der Waals surface area contributed by atoms with Crippen LogP contribution in [0.2, 0.25) is 0 Å². The Bertz CT molecular complexity index is 482. The highest BCUT2D eigenvalue weighted by molar-refractivity contribution is 5.32. The van der Waals surface area contributed by atoms with E-state index in [1.807, 2.05) is 24.4 Å². The maximum Gasteiger partial charge on any atom is 0.130 e. The molecular formula is C13H16N4. The largest absolute Gasteiger partial charge is 0.384 e. The smallest absolute Gasteiger partial charge is 0.130 e. The number of aromatic nitrogens is 3. The van der Waals surface area contributed by atoms with Crippen LogP contribution in [0.4, 0.5) is 5.82 Å². The van der Waals surface area contributed by atoms with E-state index in [0.29, 0.717) is 5.82 Å². The minimum absolute atomic E-state index is 0.544. The lowest BCUT2D eigenvalue weighted by molar-refractivity contribution is 0.820. The van der Waals surface area contributed by atoms with Crippen LogP contribution in [-0.2, 0) is 12.8 Å². The van der Waals surface area contributed by atoms with Crippen LogP contribution in [0.15, 0.2) is 30.6 Å². The van der Waals surface area contributed by atoms with Gasteiger partial charge in [0.25, 0.3) is 0 Å². The topological polar surface area (TPSA) is 64.7 Å². The highest BCUT2D eigenvalue weighted by Crippen LogP contribution is 2.10. The van der Waals surface area contributed by atoms with Gasteiger partial charge in [0.05, 0.1) is 5.69 Å². The number of hydrogen-bond acceptors (Lipinski definition) is 4. The summed E-state index contributed by atoms with van der Waals surface area (Å²) in [6.07, 6.45) is 6.25. The van der Waals surface area contributed by atoms with Gasteiger partial charge in [0.15, 0.2) is 0 Å². The molecule has 0 atom stereocenters. The molecule has 0 aliphatic heterocycles. The van der Waals surface area contributed by atoms with Crippen molar-refractivity contribution in [2.75, 3.05) is 5.73 Å². The molecule has 88 valence electrons. The molecule has 0 aliphatic carbocycles. The van der Waals surface area contributed by atoms with Crippen LogP contribution in [-0.4, -0.2) is 15.0 Å². The third-order valence-corrected chi connectivity index (χ3v) is 2.43. The molecule has 0 saturated carbocycles. The Kier molecular flexibility index (Phi) is 3.65. The fraction of sp³-hybridized carbons (Fsp3) is 0.308. The van der Waals surface area contributed by atoms with Crippen molar-refractivity contribution in [3.63, 3.8) is 0 Å². The zero-order chi connectivity index (χ0) is 12.1. The van der Waals surface area contributed by atoms with E-state index in [4.69, 9.17) is 5.73 Å². The van der Waals surface area contributed by atoms with Gasteiger partial charge in [0.1, 0.15) is 11.6 Å². The van der Waals surface area contributed by atoms with E-state index in [-0.39, 0.29) is 0 Å². The molecule has 2 aromatic heterocycles. The summed E-state index contributed by atoms with van der Waals surface area (Å²) in [7, 11) is 0. The van der Waals surface area contributed by atoms with Crippen molar-refractivity contribution in [2.45, 2.75) is 26.2 Å². The molecule has 2 aromatic rings. The van der Waals surface area contributed by atoms with Crippen LogP contribution in [0, 0.1) is 0 Å². The second-order valence-corrected chi connectivity index (χ2v) is 3.99. The average Bonchev–Trinajstić information content (AvgIpc) is 2.30. The molecule has 2 rings (SSSR count). The van der Waals surface area contributed by atoms with Crippen LogP contribution >= 0.6 is 0 Å². The normalized spacial score (nSPS) is 10.4. The van der Waals surface area contributed by atoms with Gasteiger partial charge in [0, 0.05) is 31.3 Å². The van der Waals surface area contributed by atoms with E-state index in [0.717, 1.165) is 36.3 Å². The predicted molar refractivity (Wildman–Crippen MR) is 67.5 cm³/mol. The molecule has 0 amide bonds. The van der Waals surface area contributed by atoms with Crippen LogP contribution in [0.3, 0.4) is 0 Å². The van der Waals surface area contributed by atoms with Gasteiger partial charge in [-0.3, -0.25) is 4.98 Å². The van der Waals surface area contributed by atoms with Gasteiger partial charge in [-0.25, -0.2) is 9.97 Å². The lowest BCUT2D eigenvalue weighted by atomic mass is 10.1. The molecule has 0 saturated heterocycles. The first-order valence-corrected chi connectivity index (χ1v) is 5.79. The summed E-state index contributed by atoms with van der Waals surface area (Å²) in [5.41, 5.74) is 7.86. The molecular weight excluding hydrogens is 212 g/mol. The minimum atomic E-state index is 0.544. The van der Waals surface area contributed by atoms with Crippen molar-refractivity contribution in [3.05, 3.63) is 47.7 Å². The molecule has 0 bridgehead atoms. The van der Waals surface area contributed by atoms with Crippen molar-refractivity contribution in [2.24, 2.45) is 0 Å². The summed E-state index contributed by atoms with van der Waals surface area (Å²) >= 11 is 0. The Hall–Kier alpha value is -1.97. The van der Waals surface area contributed by atoms with Crippen molar-refractivity contribution >= 4 is 5.82 Å². The SMILES string of the molecule is CCCc1nc(N)cc(Cc2cccnc2)n1. The number of rotatable bonds is 4. The van der Waals surface area contributed by atoms with E-state index in [2.05, 4.69) is 21.9 Å². The standard InChI is InChI=1S/C13H16N4/c1-2-4-13-16-11(8-12(14)17-13)7-10-5-3-6-15-9-10/h3,5-6,8-9H,2,4,7H2,1H3,(H2,14,16,17). The third kappa shape index (κ3) is 3.24. The zero-order valence-electron chi connectivity index (χ0n) is 9.93. The molecule has 0 aromatic carbocycles. The quantitative estimate of drug-likeness (QED) is 0.869. The first-order chi connectivity index (χ1) is 8.28. The van der Waals surface area contributed by atoms with Crippen LogP contribution in [0.25, 0.3) is 0 Å². The van der Waals surface area contributed by atoms with Gasteiger partial charge in [0.2, 0.25) is 0 Å². The zero-order valence-corrected chi connectivity index (χ0v) is 9.93. The summed E-state index contributed by atoms with van der Waals surface area (Å²) in [6, 6.07) is 5.78. The molecule has 0 aliphatic rings. The first kappa shape index (κ1) is 11.5. The van der Waals surface area contributed by atoms with E-state index < -0.39 is 0 Å². The number of nitrogens with two attached hydrogens (primary N) is 1. The Morgan fingerprint density at radius 1 is 1.29 bits per heavy atom. The van der Waals surface area contributed by atoms with Crippen molar-refractivity contribution < 1.29 is 0 Å². The van der Waals surface area contributed by atoms with Crippen LogP contribution in [0.5, 0.6) is 0 Å². The number of anilines is 1. The van der Waals surface area contributed by atoms with Crippen molar-refractivity contribution in [1.29, 1.82) is 0 Å². The van der Waals surface area contributed by atoms with Crippen molar-refractivity contribution in [1.82, 2.24) is 15.0 Å². The molecule has 0 spiro atoms. The second kappa shape index (κ2) is 5.39. The lowest BCUT2D eigenvalue weighted by Crippen LogP contribution is -2.04. The predicted octanol–water partition coefficient (Wildman–Crippen LogP) is 2.00. The monoisotopic (exact) mass is 228 g/mol. The Balaban J connectivity index is 2.21. The molecule has 0 unspecified atom stereocenters. The number of pyridine rings is 1. The minimum Gasteiger partial charge on any atom is -0.384 e. The molecule has 0 fully saturated rings.